The van der Waals surface area contributed by atoms with E-state index in [2.05, 4.69) is 26.6 Å². The van der Waals surface area contributed by atoms with Crippen LogP contribution >= 0.6 is 15.9 Å². The van der Waals surface area contributed by atoms with Crippen molar-refractivity contribution in [3.8, 4) is 0 Å². The number of anilines is 1. The normalized spacial score (nSPS) is 13.0. The van der Waals surface area contributed by atoms with Crippen molar-refractivity contribution in [1.29, 1.82) is 0 Å². The summed E-state index contributed by atoms with van der Waals surface area (Å²) >= 11 is 2.99. The van der Waals surface area contributed by atoms with Crippen molar-refractivity contribution in [3.05, 3.63) is 28.2 Å². The van der Waals surface area contributed by atoms with E-state index in [9.17, 15) is 18.0 Å². The third-order valence-corrected chi connectivity index (χ3v) is 2.79. The number of nitrogens with one attached hydrogen (secondary N) is 2. The molecule has 1 aromatic rings. The lowest BCUT2D eigenvalue weighted by atomic mass is 10.1. The van der Waals surface area contributed by atoms with E-state index in [1.54, 1.807) is 0 Å². The van der Waals surface area contributed by atoms with Crippen LogP contribution in [0.4, 0.5) is 18.9 Å². The Kier molecular flexibility index (Phi) is 4.61. The van der Waals surface area contributed by atoms with E-state index >= 15 is 0 Å². The monoisotopic (exact) mass is 324 g/mol. The number of hydrogen-bond donors (Lipinski definition) is 2. The molecule has 0 heterocycles. The summed E-state index contributed by atoms with van der Waals surface area (Å²) in [5.74, 6) is -0.383. The Labute approximate surface area is 111 Å². The zero-order valence-corrected chi connectivity index (χ0v) is 11.3. The lowest BCUT2D eigenvalue weighted by molar-refractivity contribution is -0.137. The number of rotatable bonds is 3. The molecule has 0 radical (unpaired) electrons. The predicted molar refractivity (Wildman–Crippen MR) is 66.3 cm³/mol. The van der Waals surface area contributed by atoms with Gasteiger partial charge in [0.15, 0.2) is 0 Å². The van der Waals surface area contributed by atoms with Gasteiger partial charge in [0.05, 0.1) is 5.56 Å². The minimum absolute atomic E-state index is 0.123. The highest BCUT2D eigenvalue weighted by molar-refractivity contribution is 9.10. The smallest absolute Gasteiger partial charge is 0.373 e. The lowest BCUT2D eigenvalue weighted by Crippen LogP contribution is -2.35. The molecule has 1 atom stereocenters. The second kappa shape index (κ2) is 5.60. The zero-order chi connectivity index (χ0) is 13.9. The summed E-state index contributed by atoms with van der Waals surface area (Å²) in [4.78, 5) is 11.3. The fourth-order valence-electron chi connectivity index (χ4n) is 1.39. The summed E-state index contributed by atoms with van der Waals surface area (Å²) in [6.45, 7) is 1.49. The molecular formula is C11H12BrF3N2O. The highest BCUT2D eigenvalue weighted by Gasteiger charge is 2.34. The Morgan fingerprint density at radius 3 is 2.50 bits per heavy atom. The molecule has 1 amide bonds. The van der Waals surface area contributed by atoms with Gasteiger partial charge in [0.1, 0.15) is 6.04 Å². The summed E-state index contributed by atoms with van der Waals surface area (Å²) in [5, 5.41) is 4.90. The zero-order valence-electron chi connectivity index (χ0n) is 9.73. The molecule has 0 saturated carbocycles. The number of carbonyl (C=O) groups excluding carboxylic acids is 1. The van der Waals surface area contributed by atoms with Gasteiger partial charge in [0.25, 0.3) is 0 Å². The molecule has 0 aliphatic carbocycles. The molecule has 2 N–H and O–H groups in total. The van der Waals surface area contributed by atoms with Gasteiger partial charge in [-0.25, -0.2) is 0 Å². The Morgan fingerprint density at radius 2 is 2.00 bits per heavy atom. The second-order valence-electron chi connectivity index (χ2n) is 3.67. The Morgan fingerprint density at radius 1 is 1.39 bits per heavy atom. The van der Waals surface area contributed by atoms with Gasteiger partial charge in [-0.2, -0.15) is 13.2 Å². The summed E-state index contributed by atoms with van der Waals surface area (Å²) in [6, 6.07) is 2.98. The molecule has 7 heteroatoms. The summed E-state index contributed by atoms with van der Waals surface area (Å²) in [6.07, 6.45) is -4.48. The maximum absolute atomic E-state index is 12.8. The fraction of sp³-hybridized carbons (Fsp3) is 0.364. The molecular weight excluding hydrogens is 313 g/mol. The Balaban J connectivity index is 3.06. The largest absolute Gasteiger partial charge is 0.418 e. The van der Waals surface area contributed by atoms with Gasteiger partial charge >= 0.3 is 6.18 Å². The third-order valence-electron chi connectivity index (χ3n) is 2.30. The molecule has 0 aliphatic rings. The summed E-state index contributed by atoms with van der Waals surface area (Å²) in [5.41, 5.74) is -0.936. The average Bonchev–Trinajstić information content (AvgIpc) is 2.28. The summed E-state index contributed by atoms with van der Waals surface area (Å²) < 4.78 is 38.7. The van der Waals surface area contributed by atoms with E-state index in [4.69, 9.17) is 0 Å². The molecule has 0 fully saturated rings. The van der Waals surface area contributed by atoms with Gasteiger partial charge < -0.3 is 10.6 Å². The van der Waals surface area contributed by atoms with E-state index in [1.807, 2.05) is 0 Å². The van der Waals surface area contributed by atoms with Crippen molar-refractivity contribution in [2.24, 2.45) is 0 Å². The molecule has 0 aliphatic heterocycles. The molecule has 0 spiro atoms. The minimum Gasteiger partial charge on any atom is -0.373 e. The first-order valence-corrected chi connectivity index (χ1v) is 5.90. The maximum Gasteiger partial charge on any atom is 0.418 e. The van der Waals surface area contributed by atoms with E-state index in [0.29, 0.717) is 4.47 Å². The van der Waals surface area contributed by atoms with Gasteiger partial charge in [0, 0.05) is 17.2 Å². The first-order valence-electron chi connectivity index (χ1n) is 5.10. The number of amides is 1. The molecule has 3 nitrogen and oxygen atoms in total. The van der Waals surface area contributed by atoms with Crippen molar-refractivity contribution >= 4 is 27.5 Å². The standard InChI is InChI=1S/C11H12BrF3N2O/c1-6(10(18)16-2)17-9-4-3-7(12)5-8(9)11(13,14)15/h3-6,17H,1-2H3,(H,16,18). The molecule has 100 valence electrons. The van der Waals surface area contributed by atoms with E-state index < -0.39 is 17.8 Å². The first kappa shape index (κ1) is 14.8. The highest BCUT2D eigenvalue weighted by Crippen LogP contribution is 2.36. The van der Waals surface area contributed by atoms with Crippen LogP contribution in [0.3, 0.4) is 0 Å². The predicted octanol–water partition coefficient (Wildman–Crippen LogP) is 3.01. The van der Waals surface area contributed by atoms with Gasteiger partial charge in [0.2, 0.25) is 5.91 Å². The van der Waals surface area contributed by atoms with Gasteiger partial charge in [-0.05, 0) is 25.1 Å². The van der Waals surface area contributed by atoms with Crippen molar-refractivity contribution in [2.45, 2.75) is 19.1 Å². The van der Waals surface area contributed by atoms with E-state index in [1.165, 1.54) is 26.1 Å². The molecule has 0 aromatic heterocycles. The number of hydrogen-bond acceptors (Lipinski definition) is 2. The van der Waals surface area contributed by atoms with Crippen LogP contribution in [0.5, 0.6) is 0 Å². The van der Waals surface area contributed by atoms with Crippen LogP contribution in [-0.2, 0) is 11.0 Å². The van der Waals surface area contributed by atoms with Crippen LogP contribution < -0.4 is 10.6 Å². The van der Waals surface area contributed by atoms with Crippen molar-refractivity contribution in [2.75, 3.05) is 12.4 Å². The molecule has 0 bridgehead atoms. The number of benzene rings is 1. The average molecular weight is 325 g/mol. The van der Waals surface area contributed by atoms with Crippen LogP contribution in [0.15, 0.2) is 22.7 Å². The molecule has 18 heavy (non-hydrogen) atoms. The molecule has 1 aromatic carbocycles. The van der Waals surface area contributed by atoms with E-state index in [0.717, 1.165) is 6.07 Å². The van der Waals surface area contributed by atoms with Crippen molar-refractivity contribution < 1.29 is 18.0 Å². The van der Waals surface area contributed by atoms with Crippen molar-refractivity contribution in [3.63, 3.8) is 0 Å². The molecule has 1 rings (SSSR count). The Bertz CT molecular complexity index is 448. The van der Waals surface area contributed by atoms with Crippen LogP contribution in [0.25, 0.3) is 0 Å². The minimum atomic E-state index is -4.48. The topological polar surface area (TPSA) is 41.1 Å². The van der Waals surface area contributed by atoms with Crippen LogP contribution in [-0.4, -0.2) is 19.0 Å². The van der Waals surface area contributed by atoms with Gasteiger partial charge in [-0.15, -0.1) is 0 Å². The second-order valence-corrected chi connectivity index (χ2v) is 4.58. The van der Waals surface area contributed by atoms with Crippen molar-refractivity contribution in [1.82, 2.24) is 5.32 Å². The fourth-order valence-corrected chi connectivity index (χ4v) is 1.75. The SMILES string of the molecule is CNC(=O)C(C)Nc1ccc(Br)cc1C(F)(F)F. The Hall–Kier alpha value is -1.24. The number of halogens is 4. The number of carbonyl (C=O) groups is 1. The highest BCUT2D eigenvalue weighted by atomic mass is 79.9. The summed E-state index contributed by atoms with van der Waals surface area (Å²) in [7, 11) is 1.42. The molecule has 0 saturated heterocycles. The van der Waals surface area contributed by atoms with Crippen LogP contribution in [0.2, 0.25) is 0 Å². The number of likely N-dealkylation sites (N-methyl/N-ethyl adjacent to an activating group) is 1. The lowest BCUT2D eigenvalue weighted by Gasteiger charge is -2.18. The van der Waals surface area contributed by atoms with Gasteiger partial charge in [-0.1, -0.05) is 15.9 Å². The third kappa shape index (κ3) is 3.63. The maximum atomic E-state index is 12.8. The quantitative estimate of drug-likeness (QED) is 0.897. The number of alkyl halides is 3. The molecule has 1 unspecified atom stereocenters. The van der Waals surface area contributed by atoms with Crippen LogP contribution in [0, 0.1) is 0 Å². The first-order chi connectivity index (χ1) is 8.25. The van der Waals surface area contributed by atoms with E-state index in [-0.39, 0.29) is 11.6 Å². The van der Waals surface area contributed by atoms with Gasteiger partial charge in [-0.3, -0.25) is 4.79 Å². The van der Waals surface area contributed by atoms with Crippen LogP contribution in [0.1, 0.15) is 12.5 Å².